The number of nitrogens with zero attached hydrogens (tertiary/aromatic N) is 2. The summed E-state index contributed by atoms with van der Waals surface area (Å²) in [5.74, 6) is 0.942. The fourth-order valence-electron chi connectivity index (χ4n) is 2.40. The summed E-state index contributed by atoms with van der Waals surface area (Å²) >= 11 is 0. The van der Waals surface area contributed by atoms with Gasteiger partial charge < -0.3 is 9.88 Å². The third-order valence-electron chi connectivity index (χ3n) is 3.25. The van der Waals surface area contributed by atoms with Crippen molar-refractivity contribution in [2.24, 2.45) is 7.05 Å². The standard InChI is InChI=1S/C11H18BN3.C2H6/c1-11(12)6-4-5-9-8(7-11)14-10(13-2)15(9)3;1-2/h4-7H2,1-3H3,(H,13,14);1-2H3. The largest absolute Gasteiger partial charge is 0.359 e. The van der Waals surface area contributed by atoms with E-state index in [9.17, 15) is 0 Å². The first-order valence-electron chi connectivity index (χ1n) is 6.54. The maximum absolute atomic E-state index is 6.22. The molecule has 1 N–H and O–H groups in total. The third kappa shape index (κ3) is 3.05. The van der Waals surface area contributed by atoms with Gasteiger partial charge in [0.15, 0.2) is 0 Å². The van der Waals surface area contributed by atoms with Crippen molar-refractivity contribution in [3.05, 3.63) is 11.4 Å². The van der Waals surface area contributed by atoms with Crippen molar-refractivity contribution in [3.8, 4) is 0 Å². The van der Waals surface area contributed by atoms with E-state index in [2.05, 4.69) is 28.8 Å². The van der Waals surface area contributed by atoms with Gasteiger partial charge >= 0.3 is 0 Å². The zero-order valence-electron chi connectivity index (χ0n) is 11.8. The predicted molar refractivity (Wildman–Crippen MR) is 74.9 cm³/mol. The van der Waals surface area contributed by atoms with Crippen molar-refractivity contribution < 1.29 is 0 Å². The highest BCUT2D eigenvalue weighted by molar-refractivity contribution is 6.15. The van der Waals surface area contributed by atoms with Gasteiger partial charge in [-0.15, -0.1) is 0 Å². The van der Waals surface area contributed by atoms with Crippen molar-refractivity contribution in [3.63, 3.8) is 0 Å². The quantitative estimate of drug-likeness (QED) is 0.597. The van der Waals surface area contributed by atoms with Crippen LogP contribution in [0.2, 0.25) is 5.31 Å². The van der Waals surface area contributed by atoms with Gasteiger partial charge in [0.05, 0.1) is 13.5 Å². The predicted octanol–water partition coefficient (Wildman–Crippen LogP) is 2.71. The highest BCUT2D eigenvalue weighted by Crippen LogP contribution is 2.37. The molecule has 0 amide bonds. The highest BCUT2D eigenvalue weighted by atomic mass is 15.2. The summed E-state index contributed by atoms with van der Waals surface area (Å²) in [4.78, 5) is 4.60. The molecule has 1 aliphatic rings. The van der Waals surface area contributed by atoms with Crippen LogP contribution in [0.25, 0.3) is 0 Å². The normalized spacial score (nSPS) is 23.1. The van der Waals surface area contributed by atoms with E-state index in [0.29, 0.717) is 0 Å². The van der Waals surface area contributed by atoms with E-state index in [1.54, 1.807) is 0 Å². The smallest absolute Gasteiger partial charge is 0.202 e. The lowest BCUT2D eigenvalue weighted by molar-refractivity contribution is 0.545. The van der Waals surface area contributed by atoms with Crippen LogP contribution in [-0.2, 0) is 19.9 Å². The summed E-state index contributed by atoms with van der Waals surface area (Å²) in [6, 6.07) is 0. The number of anilines is 1. The minimum Gasteiger partial charge on any atom is -0.359 e. The van der Waals surface area contributed by atoms with Crippen LogP contribution in [-0.4, -0.2) is 24.4 Å². The topological polar surface area (TPSA) is 29.9 Å². The molecule has 0 spiro atoms. The van der Waals surface area contributed by atoms with Crippen molar-refractivity contribution >= 4 is 13.8 Å². The van der Waals surface area contributed by atoms with Crippen LogP contribution >= 0.6 is 0 Å². The maximum Gasteiger partial charge on any atom is 0.202 e. The number of nitrogens with one attached hydrogen (secondary N) is 1. The lowest BCUT2D eigenvalue weighted by Crippen LogP contribution is -2.10. The first-order chi connectivity index (χ1) is 8.03. The number of hydrogen-bond acceptors (Lipinski definition) is 2. The number of fused-ring (bicyclic) bond motifs is 1. The Morgan fingerprint density at radius 2 is 2.06 bits per heavy atom. The van der Waals surface area contributed by atoms with Crippen molar-refractivity contribution in [1.29, 1.82) is 0 Å². The van der Waals surface area contributed by atoms with E-state index in [0.717, 1.165) is 31.6 Å². The van der Waals surface area contributed by atoms with E-state index in [4.69, 9.17) is 7.85 Å². The van der Waals surface area contributed by atoms with Crippen LogP contribution < -0.4 is 5.32 Å². The third-order valence-corrected chi connectivity index (χ3v) is 3.25. The molecule has 1 atom stereocenters. The fraction of sp³-hybridized carbons (Fsp3) is 0.769. The minimum atomic E-state index is -0.0926. The monoisotopic (exact) mass is 233 g/mol. The minimum absolute atomic E-state index is 0.0926. The molecule has 0 aliphatic heterocycles. The molecule has 1 aromatic heterocycles. The molecule has 0 aromatic carbocycles. The number of imidazole rings is 1. The van der Waals surface area contributed by atoms with Gasteiger partial charge in [0.25, 0.3) is 0 Å². The summed E-state index contributed by atoms with van der Waals surface area (Å²) in [5.41, 5.74) is 2.51. The van der Waals surface area contributed by atoms with Crippen LogP contribution in [0.1, 0.15) is 45.0 Å². The Labute approximate surface area is 106 Å². The van der Waals surface area contributed by atoms with Crippen LogP contribution in [0.3, 0.4) is 0 Å². The lowest BCUT2D eigenvalue weighted by Gasteiger charge is -2.21. The summed E-state index contributed by atoms with van der Waals surface area (Å²) in [7, 11) is 10.2. The van der Waals surface area contributed by atoms with Gasteiger partial charge in [-0.05, 0) is 19.3 Å². The van der Waals surface area contributed by atoms with Gasteiger partial charge in [0, 0.05) is 19.8 Å². The number of hydrogen-bond donors (Lipinski definition) is 1. The van der Waals surface area contributed by atoms with Crippen LogP contribution in [0.15, 0.2) is 0 Å². The van der Waals surface area contributed by atoms with Crippen molar-refractivity contribution in [2.45, 2.75) is 51.8 Å². The Balaban J connectivity index is 0.000000686. The Hall–Kier alpha value is -0.925. The van der Waals surface area contributed by atoms with Crippen molar-refractivity contribution in [2.75, 3.05) is 12.4 Å². The summed E-state index contributed by atoms with van der Waals surface area (Å²) in [6.07, 6.45) is 4.21. The Morgan fingerprint density at radius 1 is 1.41 bits per heavy atom. The molecule has 94 valence electrons. The van der Waals surface area contributed by atoms with Gasteiger partial charge in [-0.25, -0.2) is 4.98 Å². The summed E-state index contributed by atoms with van der Waals surface area (Å²) in [5, 5.41) is 3.02. The van der Waals surface area contributed by atoms with Gasteiger partial charge in [0.1, 0.15) is 0 Å². The zero-order valence-corrected chi connectivity index (χ0v) is 11.8. The van der Waals surface area contributed by atoms with E-state index in [1.807, 2.05) is 20.9 Å². The number of rotatable bonds is 1. The Kier molecular flexibility index (Phi) is 4.66. The van der Waals surface area contributed by atoms with Gasteiger partial charge in [-0.3, -0.25) is 0 Å². The molecule has 1 aromatic rings. The molecule has 2 rings (SSSR count). The van der Waals surface area contributed by atoms with E-state index < -0.39 is 0 Å². The maximum atomic E-state index is 6.22. The second-order valence-electron chi connectivity index (χ2n) is 4.82. The van der Waals surface area contributed by atoms with Gasteiger partial charge in [0.2, 0.25) is 5.95 Å². The molecule has 0 saturated heterocycles. The lowest BCUT2D eigenvalue weighted by atomic mass is 9.65. The summed E-state index contributed by atoms with van der Waals surface area (Å²) < 4.78 is 2.15. The Bertz CT molecular complexity index is 369. The molecule has 1 unspecified atom stereocenters. The molecule has 3 nitrogen and oxygen atoms in total. The molecule has 0 fully saturated rings. The van der Waals surface area contributed by atoms with Crippen LogP contribution in [0.5, 0.6) is 0 Å². The molecule has 4 heteroatoms. The molecule has 0 bridgehead atoms. The van der Waals surface area contributed by atoms with E-state index in [1.165, 1.54) is 11.4 Å². The molecular weight excluding hydrogens is 209 g/mol. The van der Waals surface area contributed by atoms with Gasteiger partial charge in [-0.2, -0.15) is 0 Å². The van der Waals surface area contributed by atoms with Crippen LogP contribution in [0, 0.1) is 0 Å². The van der Waals surface area contributed by atoms with E-state index >= 15 is 0 Å². The first-order valence-corrected chi connectivity index (χ1v) is 6.54. The second kappa shape index (κ2) is 5.61. The molecular formula is C13H24BN3. The number of aromatic nitrogens is 2. The average molecular weight is 233 g/mol. The summed E-state index contributed by atoms with van der Waals surface area (Å²) in [6.45, 7) is 6.12. The molecule has 17 heavy (non-hydrogen) atoms. The average Bonchev–Trinajstić information content (AvgIpc) is 2.50. The molecule has 1 aliphatic carbocycles. The van der Waals surface area contributed by atoms with Crippen LogP contribution in [0.4, 0.5) is 5.95 Å². The SMILES string of the molecule is CC.[B]C1(C)CCCc2c(nc(NC)n2C)C1. The van der Waals surface area contributed by atoms with E-state index in [-0.39, 0.29) is 5.31 Å². The van der Waals surface area contributed by atoms with Gasteiger partial charge in [-0.1, -0.05) is 32.5 Å². The second-order valence-corrected chi connectivity index (χ2v) is 4.82. The molecule has 1 heterocycles. The highest BCUT2D eigenvalue weighted by Gasteiger charge is 2.26. The Morgan fingerprint density at radius 3 is 2.65 bits per heavy atom. The zero-order chi connectivity index (χ0) is 13.1. The molecule has 0 saturated carbocycles. The van der Waals surface area contributed by atoms with Crippen molar-refractivity contribution in [1.82, 2.24) is 9.55 Å². The molecule has 2 radical (unpaired) electrons. The first kappa shape index (κ1) is 14.1. The fourth-order valence-corrected chi connectivity index (χ4v) is 2.40.